The van der Waals surface area contributed by atoms with Crippen molar-refractivity contribution in [2.45, 2.75) is 0 Å². The lowest BCUT2D eigenvalue weighted by Crippen LogP contribution is -2.18. The van der Waals surface area contributed by atoms with Crippen molar-refractivity contribution in [3.8, 4) is 0 Å². The van der Waals surface area contributed by atoms with Crippen molar-refractivity contribution in [2.24, 2.45) is 0 Å². The van der Waals surface area contributed by atoms with Gasteiger partial charge in [0, 0.05) is 18.6 Å². The van der Waals surface area contributed by atoms with Crippen LogP contribution in [0, 0.1) is 0 Å². The van der Waals surface area contributed by atoms with Crippen LogP contribution in [-0.4, -0.2) is 42.6 Å². The quantitative estimate of drug-likeness (QED) is 0.826. The van der Waals surface area contributed by atoms with E-state index in [2.05, 4.69) is 21.2 Å². The highest BCUT2D eigenvalue weighted by atomic mass is 79.9. The van der Waals surface area contributed by atoms with E-state index in [0.717, 1.165) is 21.9 Å². The second-order valence-corrected chi connectivity index (χ2v) is 5.89. The molecule has 0 saturated carbocycles. The van der Waals surface area contributed by atoms with Crippen LogP contribution in [0.4, 0.5) is 11.4 Å². The van der Waals surface area contributed by atoms with E-state index in [9.17, 15) is 9.59 Å². The van der Waals surface area contributed by atoms with Crippen LogP contribution in [-0.2, 0) is 9.59 Å². The van der Waals surface area contributed by atoms with Crippen LogP contribution in [0.25, 0.3) is 0 Å². The number of carboxylic acid groups (broad SMARTS) is 1. The Labute approximate surface area is 124 Å². The highest BCUT2D eigenvalue weighted by Gasteiger charge is 2.10. The molecule has 0 aromatic heterocycles. The van der Waals surface area contributed by atoms with Crippen LogP contribution in [0.15, 0.2) is 22.7 Å². The van der Waals surface area contributed by atoms with E-state index in [1.807, 2.05) is 37.2 Å². The van der Waals surface area contributed by atoms with Gasteiger partial charge in [-0.2, -0.15) is 0 Å². The molecule has 0 saturated heterocycles. The van der Waals surface area contributed by atoms with Crippen molar-refractivity contribution in [3.63, 3.8) is 0 Å². The van der Waals surface area contributed by atoms with Gasteiger partial charge in [0.05, 0.1) is 22.9 Å². The average molecular weight is 347 g/mol. The highest BCUT2D eigenvalue weighted by molar-refractivity contribution is 9.10. The van der Waals surface area contributed by atoms with Gasteiger partial charge in [-0.1, -0.05) is 15.9 Å². The normalized spacial score (nSPS) is 10.1. The summed E-state index contributed by atoms with van der Waals surface area (Å²) in [5, 5.41) is 11.3. The third kappa shape index (κ3) is 5.52. The third-order valence-corrected chi connectivity index (χ3v) is 3.58. The number of thioether (sulfide) groups is 1. The minimum atomic E-state index is -0.922. The first-order chi connectivity index (χ1) is 8.90. The van der Waals surface area contributed by atoms with E-state index in [0.29, 0.717) is 5.69 Å². The summed E-state index contributed by atoms with van der Waals surface area (Å²) < 4.78 is 0.867. The van der Waals surface area contributed by atoms with E-state index in [4.69, 9.17) is 5.11 Å². The monoisotopic (exact) mass is 346 g/mol. The largest absolute Gasteiger partial charge is 0.481 e. The van der Waals surface area contributed by atoms with Crippen molar-refractivity contribution in [1.82, 2.24) is 0 Å². The van der Waals surface area contributed by atoms with E-state index in [1.54, 1.807) is 0 Å². The zero-order valence-corrected chi connectivity index (χ0v) is 13.0. The molecule has 2 N–H and O–H groups in total. The molecule has 0 fully saturated rings. The maximum atomic E-state index is 11.7. The van der Waals surface area contributed by atoms with Crippen LogP contribution >= 0.6 is 27.7 Å². The Morgan fingerprint density at radius 1 is 1.37 bits per heavy atom. The molecule has 0 radical (unpaired) electrons. The molecular weight excluding hydrogens is 332 g/mol. The molecule has 1 rings (SSSR count). The summed E-state index contributed by atoms with van der Waals surface area (Å²) >= 11 is 4.42. The molecule has 0 heterocycles. The molecule has 5 nitrogen and oxygen atoms in total. The molecule has 0 atom stereocenters. The molecular formula is C12H15BrN2O3S. The predicted octanol–water partition coefficient (Wildman–Crippen LogP) is 2.27. The van der Waals surface area contributed by atoms with Gasteiger partial charge < -0.3 is 15.3 Å². The summed E-state index contributed by atoms with van der Waals surface area (Å²) in [4.78, 5) is 24.0. The second kappa shape index (κ2) is 7.40. The van der Waals surface area contributed by atoms with Gasteiger partial charge in [-0.3, -0.25) is 9.59 Å². The number of carbonyl (C=O) groups is 2. The molecule has 0 bridgehead atoms. The smallest absolute Gasteiger partial charge is 0.313 e. The van der Waals surface area contributed by atoms with Gasteiger partial charge in [-0.15, -0.1) is 11.8 Å². The zero-order valence-electron chi connectivity index (χ0n) is 10.6. The van der Waals surface area contributed by atoms with Crippen molar-refractivity contribution in [2.75, 3.05) is 35.8 Å². The number of carbonyl (C=O) groups excluding carboxylic acids is 1. The van der Waals surface area contributed by atoms with Crippen molar-refractivity contribution < 1.29 is 14.7 Å². The van der Waals surface area contributed by atoms with E-state index in [1.165, 1.54) is 0 Å². The van der Waals surface area contributed by atoms with Gasteiger partial charge in [0.2, 0.25) is 5.91 Å². The Hall–Kier alpha value is -1.21. The first-order valence-electron chi connectivity index (χ1n) is 5.46. The lowest BCUT2D eigenvalue weighted by molar-refractivity contribution is -0.133. The molecule has 0 aliphatic heterocycles. The molecule has 1 amide bonds. The van der Waals surface area contributed by atoms with Crippen LogP contribution in [0.3, 0.4) is 0 Å². The number of benzene rings is 1. The fraction of sp³-hybridized carbons (Fsp3) is 0.333. The van der Waals surface area contributed by atoms with Crippen LogP contribution in [0.5, 0.6) is 0 Å². The van der Waals surface area contributed by atoms with Gasteiger partial charge in [0.15, 0.2) is 0 Å². The number of rotatable bonds is 6. The standard InChI is InChI=1S/C12H15BrN2O3S/c1-15(2)10-4-3-8(13)5-9(10)14-11(16)6-19-7-12(17)18/h3-5H,6-7H2,1-2H3,(H,14,16)(H,17,18). The molecule has 19 heavy (non-hydrogen) atoms. The topological polar surface area (TPSA) is 69.6 Å². The zero-order chi connectivity index (χ0) is 14.4. The number of hydrogen-bond donors (Lipinski definition) is 2. The summed E-state index contributed by atoms with van der Waals surface area (Å²) in [5.74, 6) is -1.10. The average Bonchev–Trinajstić information content (AvgIpc) is 2.27. The molecule has 0 spiro atoms. The lowest BCUT2D eigenvalue weighted by Gasteiger charge is -2.18. The van der Waals surface area contributed by atoms with Crippen LogP contribution in [0.1, 0.15) is 0 Å². The summed E-state index contributed by atoms with van der Waals surface area (Å²) in [7, 11) is 3.77. The highest BCUT2D eigenvalue weighted by Crippen LogP contribution is 2.28. The third-order valence-electron chi connectivity index (χ3n) is 2.17. The summed E-state index contributed by atoms with van der Waals surface area (Å²) in [6.45, 7) is 0. The van der Waals surface area contributed by atoms with Crippen molar-refractivity contribution >= 4 is 50.9 Å². The lowest BCUT2D eigenvalue weighted by atomic mass is 10.2. The number of carboxylic acids is 1. The number of aliphatic carboxylic acids is 1. The van der Waals surface area contributed by atoms with Gasteiger partial charge in [-0.25, -0.2) is 0 Å². The Morgan fingerprint density at radius 2 is 2.05 bits per heavy atom. The number of hydrogen-bond acceptors (Lipinski definition) is 4. The van der Waals surface area contributed by atoms with Gasteiger partial charge in [-0.05, 0) is 18.2 Å². The molecule has 0 aliphatic rings. The van der Waals surface area contributed by atoms with Gasteiger partial charge >= 0.3 is 5.97 Å². The minimum absolute atomic E-state index is 0.0769. The maximum absolute atomic E-state index is 11.7. The van der Waals surface area contributed by atoms with E-state index in [-0.39, 0.29) is 17.4 Å². The first kappa shape index (κ1) is 15.8. The SMILES string of the molecule is CN(C)c1ccc(Br)cc1NC(=O)CSCC(=O)O. The summed E-state index contributed by atoms with van der Waals surface area (Å²) in [6.07, 6.45) is 0. The maximum Gasteiger partial charge on any atom is 0.313 e. The Bertz CT molecular complexity index is 480. The number of anilines is 2. The van der Waals surface area contributed by atoms with Crippen molar-refractivity contribution in [1.29, 1.82) is 0 Å². The fourth-order valence-electron chi connectivity index (χ4n) is 1.42. The molecule has 0 unspecified atom stereocenters. The fourth-order valence-corrected chi connectivity index (χ4v) is 2.31. The summed E-state index contributed by atoms with van der Waals surface area (Å²) in [6, 6.07) is 5.60. The first-order valence-corrected chi connectivity index (χ1v) is 7.41. The number of halogens is 1. The van der Waals surface area contributed by atoms with Crippen LogP contribution < -0.4 is 10.2 Å². The van der Waals surface area contributed by atoms with E-state index < -0.39 is 5.97 Å². The molecule has 0 aliphatic carbocycles. The van der Waals surface area contributed by atoms with Gasteiger partial charge in [0.25, 0.3) is 0 Å². The molecule has 104 valence electrons. The Balaban J connectivity index is 2.67. The molecule has 1 aromatic carbocycles. The van der Waals surface area contributed by atoms with Crippen LogP contribution in [0.2, 0.25) is 0 Å². The summed E-state index contributed by atoms with van der Waals surface area (Å²) in [5.41, 5.74) is 1.58. The molecule has 1 aromatic rings. The minimum Gasteiger partial charge on any atom is -0.481 e. The van der Waals surface area contributed by atoms with Crippen molar-refractivity contribution in [3.05, 3.63) is 22.7 Å². The Morgan fingerprint density at radius 3 is 2.63 bits per heavy atom. The predicted molar refractivity (Wildman–Crippen MR) is 82.1 cm³/mol. The number of nitrogens with one attached hydrogen (secondary N) is 1. The van der Waals surface area contributed by atoms with Gasteiger partial charge in [0.1, 0.15) is 0 Å². The Kier molecular flexibility index (Phi) is 6.17. The number of nitrogens with zero attached hydrogens (tertiary/aromatic N) is 1. The second-order valence-electron chi connectivity index (χ2n) is 3.99. The number of amides is 1. The van der Waals surface area contributed by atoms with E-state index >= 15 is 0 Å². The molecule has 7 heteroatoms.